The maximum absolute atomic E-state index is 13.0. The Hall–Kier alpha value is -1.38. The van der Waals surface area contributed by atoms with Gasteiger partial charge in [0, 0.05) is 5.56 Å². The summed E-state index contributed by atoms with van der Waals surface area (Å²) in [5.41, 5.74) is 0.870. The third-order valence-electron chi connectivity index (χ3n) is 4.73. The Bertz CT molecular complexity index is 893. The Balaban J connectivity index is 2.03. The summed E-state index contributed by atoms with van der Waals surface area (Å²) in [5.74, 6) is -0.0118. The molecule has 3 rings (SSSR count). The molecule has 2 N–H and O–H groups in total. The average molecular weight is 371 g/mol. The van der Waals surface area contributed by atoms with E-state index in [0.717, 1.165) is 38.5 Å². The minimum Gasteiger partial charge on any atom is -0.371 e. The summed E-state index contributed by atoms with van der Waals surface area (Å²) in [5, 5.41) is 4.90. The Morgan fingerprint density at radius 3 is 2.33 bits per heavy atom. The first kappa shape index (κ1) is 17.4. The van der Waals surface area contributed by atoms with Crippen LogP contribution in [0.2, 0.25) is 0 Å². The maximum atomic E-state index is 13.0. The second kappa shape index (κ2) is 6.16. The molecule has 2 aliphatic rings. The van der Waals surface area contributed by atoms with Gasteiger partial charge in [-0.2, -0.15) is 13.6 Å². The van der Waals surface area contributed by atoms with E-state index in [0.29, 0.717) is 10.5 Å². The van der Waals surface area contributed by atoms with Gasteiger partial charge in [0.1, 0.15) is 5.75 Å². The van der Waals surface area contributed by atoms with Gasteiger partial charge in [0.05, 0.1) is 9.80 Å². The Morgan fingerprint density at radius 2 is 1.75 bits per heavy atom. The third-order valence-corrected chi connectivity index (χ3v) is 7.29. The van der Waals surface area contributed by atoms with Crippen molar-refractivity contribution in [3.63, 3.8) is 0 Å². The van der Waals surface area contributed by atoms with Crippen LogP contribution >= 0.6 is 0 Å². The molecule has 1 fully saturated rings. The number of rotatable bonds is 3. The highest BCUT2D eigenvalue weighted by atomic mass is 32.2. The molecule has 1 aromatic rings. The summed E-state index contributed by atoms with van der Waals surface area (Å²) in [7, 11) is -7.83. The number of hydrogen-bond donors (Lipinski definition) is 1. The van der Waals surface area contributed by atoms with Crippen LogP contribution in [0.3, 0.4) is 0 Å². The normalized spacial score (nSPS) is 21.0. The van der Waals surface area contributed by atoms with Crippen molar-refractivity contribution >= 4 is 26.2 Å². The summed E-state index contributed by atoms with van der Waals surface area (Å²) < 4.78 is 53.1. The van der Waals surface area contributed by atoms with Gasteiger partial charge in [-0.25, -0.2) is 8.42 Å². The van der Waals surface area contributed by atoms with E-state index < -0.39 is 20.1 Å². The highest BCUT2D eigenvalue weighted by Gasteiger charge is 2.37. The number of benzene rings is 1. The molecule has 1 heterocycles. The number of allylic oxidation sites excluding steroid dienone is 1. The predicted molar refractivity (Wildman–Crippen MR) is 91.3 cm³/mol. The van der Waals surface area contributed by atoms with Crippen LogP contribution in [0.1, 0.15) is 49.7 Å². The molecule has 1 aromatic carbocycles. The predicted octanol–water partition coefficient (Wildman–Crippen LogP) is 2.68. The van der Waals surface area contributed by atoms with Gasteiger partial charge in [-0.3, -0.25) is 0 Å². The van der Waals surface area contributed by atoms with Crippen LogP contribution in [0.5, 0.6) is 5.75 Å². The molecule has 1 saturated carbocycles. The largest absolute Gasteiger partial charge is 0.380 e. The number of nitrogens with two attached hydrogens (primary N) is 1. The lowest BCUT2D eigenvalue weighted by Crippen LogP contribution is -2.20. The lowest BCUT2D eigenvalue weighted by Gasteiger charge is -2.16. The maximum Gasteiger partial charge on any atom is 0.380 e. The standard InChI is InChI=1S/C16H21NO5S2/c1-11-14(22-24(17,20)21)9-8-13-10-15(23(18,19)16(11)13)12-6-4-2-3-5-7-12/h8-10,12H,2-7H2,1H3,(H2,17,20,21). The monoisotopic (exact) mass is 371 g/mol. The van der Waals surface area contributed by atoms with Crippen LogP contribution in [0.4, 0.5) is 0 Å². The van der Waals surface area contributed by atoms with Crippen LogP contribution in [-0.2, 0) is 20.1 Å². The Kier molecular flexibility index (Phi) is 4.48. The van der Waals surface area contributed by atoms with Gasteiger partial charge in [-0.1, -0.05) is 25.7 Å². The molecule has 0 radical (unpaired) electrons. The number of hydrogen-bond acceptors (Lipinski definition) is 5. The summed E-state index contributed by atoms with van der Waals surface area (Å²) in [6.07, 6.45) is 7.83. The fourth-order valence-corrected chi connectivity index (χ4v) is 6.19. The molecule has 1 aliphatic heterocycles. The highest BCUT2D eigenvalue weighted by molar-refractivity contribution is 7.96. The van der Waals surface area contributed by atoms with Gasteiger partial charge in [-0.05, 0) is 49.5 Å². The van der Waals surface area contributed by atoms with E-state index in [1.54, 1.807) is 19.1 Å². The van der Waals surface area contributed by atoms with Crippen molar-refractivity contribution in [3.8, 4) is 5.75 Å². The third kappa shape index (κ3) is 3.22. The molecule has 6 nitrogen and oxygen atoms in total. The SMILES string of the molecule is Cc1c(OS(N)(=O)=O)ccc2c1S(=O)(=O)C(C1CCCCCC1)=C2. The average Bonchev–Trinajstić information content (AvgIpc) is 2.66. The molecule has 0 aromatic heterocycles. The van der Waals surface area contributed by atoms with E-state index >= 15 is 0 Å². The zero-order valence-electron chi connectivity index (χ0n) is 13.5. The zero-order chi connectivity index (χ0) is 17.5. The molecular weight excluding hydrogens is 350 g/mol. The second-order valence-corrected chi connectivity index (χ2v) is 9.46. The summed E-state index contributed by atoms with van der Waals surface area (Å²) in [4.78, 5) is 0.596. The van der Waals surface area contributed by atoms with Gasteiger partial charge in [0.2, 0.25) is 9.84 Å². The first-order valence-electron chi connectivity index (χ1n) is 8.02. The summed E-state index contributed by atoms with van der Waals surface area (Å²) in [6.45, 7) is 1.54. The first-order chi connectivity index (χ1) is 11.2. The minimum absolute atomic E-state index is 0.0342. The van der Waals surface area contributed by atoms with Gasteiger partial charge in [0.25, 0.3) is 0 Å². The van der Waals surface area contributed by atoms with Gasteiger partial charge in [0.15, 0.2) is 0 Å². The van der Waals surface area contributed by atoms with Gasteiger partial charge < -0.3 is 4.18 Å². The minimum atomic E-state index is -4.21. The van der Waals surface area contributed by atoms with Crippen LogP contribution < -0.4 is 9.32 Å². The molecule has 24 heavy (non-hydrogen) atoms. The van der Waals surface area contributed by atoms with Crippen molar-refractivity contribution in [2.75, 3.05) is 0 Å². The van der Waals surface area contributed by atoms with E-state index in [2.05, 4.69) is 0 Å². The van der Waals surface area contributed by atoms with Crippen LogP contribution in [0.25, 0.3) is 6.08 Å². The van der Waals surface area contributed by atoms with Crippen LogP contribution in [0, 0.1) is 12.8 Å². The molecule has 0 spiro atoms. The van der Waals surface area contributed by atoms with Crippen molar-refractivity contribution < 1.29 is 21.0 Å². The molecule has 1 aliphatic carbocycles. The molecule has 0 atom stereocenters. The van der Waals surface area contributed by atoms with Crippen LogP contribution in [0.15, 0.2) is 21.9 Å². The van der Waals surface area contributed by atoms with E-state index in [9.17, 15) is 16.8 Å². The molecule has 0 bridgehead atoms. The smallest absolute Gasteiger partial charge is 0.371 e. The topological polar surface area (TPSA) is 104 Å². The molecule has 0 amide bonds. The van der Waals surface area contributed by atoms with Crippen molar-refractivity contribution in [1.29, 1.82) is 0 Å². The molecule has 0 unspecified atom stereocenters. The van der Waals surface area contributed by atoms with E-state index in [1.807, 2.05) is 0 Å². The van der Waals surface area contributed by atoms with Gasteiger partial charge >= 0.3 is 10.3 Å². The number of fused-ring (bicyclic) bond motifs is 1. The van der Waals surface area contributed by atoms with Crippen molar-refractivity contribution in [2.45, 2.75) is 50.3 Å². The lowest BCUT2D eigenvalue weighted by molar-refractivity contribution is 0.484. The second-order valence-electron chi connectivity index (χ2n) is 6.42. The van der Waals surface area contributed by atoms with E-state index in [-0.39, 0.29) is 22.1 Å². The van der Waals surface area contributed by atoms with Gasteiger partial charge in [-0.15, -0.1) is 0 Å². The molecule has 8 heteroatoms. The quantitative estimate of drug-likeness (QED) is 0.823. The van der Waals surface area contributed by atoms with Crippen molar-refractivity contribution in [2.24, 2.45) is 11.1 Å². The fourth-order valence-electron chi connectivity index (χ4n) is 3.63. The summed E-state index contributed by atoms with van der Waals surface area (Å²) in [6, 6.07) is 3.02. The van der Waals surface area contributed by atoms with E-state index in [4.69, 9.17) is 9.32 Å². The van der Waals surface area contributed by atoms with Crippen molar-refractivity contribution in [3.05, 3.63) is 28.2 Å². The number of sulfone groups is 1. The lowest BCUT2D eigenvalue weighted by atomic mass is 9.98. The first-order valence-corrected chi connectivity index (χ1v) is 11.0. The summed E-state index contributed by atoms with van der Waals surface area (Å²) >= 11 is 0. The molecule has 132 valence electrons. The van der Waals surface area contributed by atoms with Crippen molar-refractivity contribution in [1.82, 2.24) is 0 Å². The van der Waals surface area contributed by atoms with E-state index in [1.165, 1.54) is 6.07 Å². The Morgan fingerprint density at radius 1 is 1.12 bits per heavy atom. The Labute approximate surface area is 142 Å². The molecule has 0 saturated heterocycles. The van der Waals surface area contributed by atoms with Crippen LogP contribution in [-0.4, -0.2) is 16.8 Å². The zero-order valence-corrected chi connectivity index (χ0v) is 15.1. The highest BCUT2D eigenvalue weighted by Crippen LogP contribution is 2.44. The fraction of sp³-hybridized carbons (Fsp3) is 0.500. The molecular formula is C16H21NO5S2.